The van der Waals surface area contributed by atoms with Crippen molar-refractivity contribution < 1.29 is 5.11 Å². The Labute approximate surface area is 133 Å². The van der Waals surface area contributed by atoms with E-state index in [1.54, 1.807) is 0 Å². The number of benzene rings is 1. The zero-order chi connectivity index (χ0) is 15.4. The van der Waals surface area contributed by atoms with Crippen LogP contribution in [0.5, 0.6) is 0 Å². The molecule has 4 heteroatoms. The Hall–Kier alpha value is -0.940. The molecule has 0 spiro atoms. The van der Waals surface area contributed by atoms with E-state index in [-0.39, 0.29) is 0 Å². The molecule has 0 amide bonds. The van der Waals surface area contributed by atoms with Crippen molar-refractivity contribution in [2.45, 2.75) is 30.8 Å². The second kappa shape index (κ2) is 7.09. The fourth-order valence-electron chi connectivity index (χ4n) is 4.09. The molecule has 122 valence electrons. The summed E-state index contributed by atoms with van der Waals surface area (Å²) in [7, 11) is 0. The molecule has 2 heterocycles. The van der Waals surface area contributed by atoms with E-state index in [9.17, 15) is 5.11 Å². The smallest absolute Gasteiger partial charge is 0.0786 e. The van der Waals surface area contributed by atoms with Crippen LogP contribution in [0.4, 0.5) is 0 Å². The minimum atomic E-state index is -0.534. The number of nitrogens with two attached hydrogens (primary N) is 1. The van der Waals surface area contributed by atoms with Crippen molar-refractivity contribution in [1.82, 2.24) is 10.2 Å². The molecule has 4 nitrogen and oxygen atoms in total. The lowest BCUT2D eigenvalue weighted by Crippen LogP contribution is -2.43. The third-order valence-corrected chi connectivity index (χ3v) is 5.33. The Morgan fingerprint density at radius 3 is 2.77 bits per heavy atom. The predicted molar refractivity (Wildman–Crippen MR) is 89.8 cm³/mol. The molecule has 0 radical (unpaired) electrons. The van der Waals surface area contributed by atoms with Gasteiger partial charge in [-0.25, -0.2) is 0 Å². The van der Waals surface area contributed by atoms with Gasteiger partial charge in [-0.1, -0.05) is 30.3 Å². The average molecular weight is 303 g/mol. The molecule has 1 aromatic rings. The topological polar surface area (TPSA) is 61.5 Å². The number of β-amino-alcohol motifs (C(OH)–C–C–N with tert-alkyl or cyclic N) is 1. The van der Waals surface area contributed by atoms with E-state index >= 15 is 0 Å². The highest BCUT2D eigenvalue weighted by atomic mass is 16.3. The van der Waals surface area contributed by atoms with Crippen LogP contribution in [0.2, 0.25) is 0 Å². The van der Waals surface area contributed by atoms with Crippen LogP contribution in [0, 0.1) is 5.92 Å². The van der Waals surface area contributed by atoms with Gasteiger partial charge in [0.25, 0.3) is 0 Å². The van der Waals surface area contributed by atoms with Crippen LogP contribution in [0.1, 0.15) is 30.7 Å². The number of aliphatic hydroxyl groups is 1. The number of rotatable bonds is 4. The first kappa shape index (κ1) is 15.9. The van der Waals surface area contributed by atoms with Gasteiger partial charge in [-0.15, -0.1) is 0 Å². The van der Waals surface area contributed by atoms with Crippen LogP contribution in [0.3, 0.4) is 0 Å². The number of likely N-dealkylation sites (tertiary alicyclic amines) is 1. The van der Waals surface area contributed by atoms with E-state index in [4.69, 9.17) is 5.73 Å². The molecular weight excluding hydrogens is 274 g/mol. The third kappa shape index (κ3) is 3.69. The lowest BCUT2D eigenvalue weighted by atomic mass is 9.89. The molecule has 22 heavy (non-hydrogen) atoms. The van der Waals surface area contributed by atoms with Crippen LogP contribution in [0.15, 0.2) is 30.3 Å². The Morgan fingerprint density at radius 1 is 1.18 bits per heavy atom. The van der Waals surface area contributed by atoms with Gasteiger partial charge in [0.1, 0.15) is 0 Å². The summed E-state index contributed by atoms with van der Waals surface area (Å²) in [6.07, 6.45) is 2.82. The summed E-state index contributed by atoms with van der Waals surface area (Å²) in [6.45, 7) is 5.48. The minimum Gasteiger partial charge on any atom is -0.389 e. The van der Waals surface area contributed by atoms with E-state index in [0.717, 1.165) is 58.5 Å². The number of nitrogens with zero attached hydrogens (tertiary/aromatic N) is 1. The lowest BCUT2D eigenvalue weighted by Gasteiger charge is -2.31. The molecule has 3 rings (SSSR count). The zero-order valence-corrected chi connectivity index (χ0v) is 13.4. The third-order valence-electron chi connectivity index (χ3n) is 5.33. The molecule has 1 aromatic carbocycles. The molecule has 0 saturated carbocycles. The summed E-state index contributed by atoms with van der Waals surface area (Å²) >= 11 is 0. The SMILES string of the molecule is NC[C@@H]1CN(CC2(O)CCCNCC2)C[C@H]1c1ccccc1. The summed E-state index contributed by atoms with van der Waals surface area (Å²) in [6, 6.07) is 10.7. The predicted octanol–water partition coefficient (Wildman–Crippen LogP) is 1.17. The van der Waals surface area contributed by atoms with Crippen LogP contribution in [-0.4, -0.2) is 54.9 Å². The summed E-state index contributed by atoms with van der Waals surface area (Å²) in [5, 5.41) is 14.3. The maximum atomic E-state index is 10.9. The van der Waals surface area contributed by atoms with E-state index < -0.39 is 5.60 Å². The van der Waals surface area contributed by atoms with Crippen LogP contribution in [-0.2, 0) is 0 Å². The number of hydrogen-bond donors (Lipinski definition) is 3. The second-order valence-corrected chi connectivity index (χ2v) is 7.03. The van der Waals surface area contributed by atoms with E-state index in [1.165, 1.54) is 5.56 Å². The summed E-state index contributed by atoms with van der Waals surface area (Å²) in [5.74, 6) is 0.994. The summed E-state index contributed by atoms with van der Waals surface area (Å²) < 4.78 is 0. The van der Waals surface area contributed by atoms with Gasteiger partial charge in [0.15, 0.2) is 0 Å². The van der Waals surface area contributed by atoms with E-state index in [1.807, 2.05) is 0 Å². The highest BCUT2D eigenvalue weighted by molar-refractivity contribution is 5.22. The van der Waals surface area contributed by atoms with Crippen molar-refractivity contribution in [1.29, 1.82) is 0 Å². The van der Waals surface area contributed by atoms with Crippen molar-refractivity contribution in [3.05, 3.63) is 35.9 Å². The first-order valence-electron chi connectivity index (χ1n) is 8.61. The molecule has 2 fully saturated rings. The van der Waals surface area contributed by atoms with Gasteiger partial charge >= 0.3 is 0 Å². The first-order valence-corrected chi connectivity index (χ1v) is 8.61. The van der Waals surface area contributed by atoms with Gasteiger partial charge in [0, 0.05) is 25.6 Å². The van der Waals surface area contributed by atoms with Crippen LogP contribution >= 0.6 is 0 Å². The standard InChI is InChI=1S/C18H29N3O/c19-11-16-12-21(13-17(16)15-5-2-1-3-6-15)14-18(22)7-4-9-20-10-8-18/h1-3,5-6,16-17,20,22H,4,7-14,19H2/t16-,17+,18?/m1/s1. The van der Waals surface area contributed by atoms with E-state index in [0.29, 0.717) is 11.8 Å². The Kier molecular flexibility index (Phi) is 5.14. The first-order chi connectivity index (χ1) is 10.7. The Bertz CT molecular complexity index is 457. The quantitative estimate of drug-likeness (QED) is 0.781. The fraction of sp³-hybridized carbons (Fsp3) is 0.667. The zero-order valence-electron chi connectivity index (χ0n) is 13.4. The maximum Gasteiger partial charge on any atom is 0.0786 e. The summed E-state index contributed by atoms with van der Waals surface area (Å²) in [4.78, 5) is 2.43. The van der Waals surface area contributed by atoms with Crippen LogP contribution < -0.4 is 11.1 Å². The van der Waals surface area contributed by atoms with Crippen molar-refractivity contribution >= 4 is 0 Å². The summed E-state index contributed by atoms with van der Waals surface area (Å²) in [5.41, 5.74) is 6.87. The normalized spacial score (nSPS) is 33.7. The van der Waals surface area contributed by atoms with E-state index in [2.05, 4.69) is 40.5 Å². The maximum absolute atomic E-state index is 10.9. The molecule has 0 bridgehead atoms. The molecule has 2 aliphatic heterocycles. The van der Waals surface area contributed by atoms with Crippen molar-refractivity contribution in [3.8, 4) is 0 Å². The monoisotopic (exact) mass is 303 g/mol. The van der Waals surface area contributed by atoms with Gasteiger partial charge in [0.2, 0.25) is 0 Å². The molecule has 2 aliphatic rings. The Balaban J connectivity index is 1.66. The molecule has 4 N–H and O–H groups in total. The van der Waals surface area contributed by atoms with Crippen molar-refractivity contribution in [2.24, 2.45) is 11.7 Å². The highest BCUT2D eigenvalue weighted by Gasteiger charge is 2.37. The second-order valence-electron chi connectivity index (χ2n) is 7.03. The van der Waals surface area contributed by atoms with Gasteiger partial charge in [0.05, 0.1) is 5.60 Å². The van der Waals surface area contributed by atoms with Crippen molar-refractivity contribution in [3.63, 3.8) is 0 Å². The van der Waals surface area contributed by atoms with Crippen molar-refractivity contribution in [2.75, 3.05) is 39.3 Å². The average Bonchev–Trinajstić information content (AvgIpc) is 2.81. The molecule has 1 unspecified atom stereocenters. The van der Waals surface area contributed by atoms with Gasteiger partial charge in [-0.2, -0.15) is 0 Å². The molecule has 2 saturated heterocycles. The largest absolute Gasteiger partial charge is 0.389 e. The van der Waals surface area contributed by atoms with Crippen LogP contribution in [0.25, 0.3) is 0 Å². The fourth-order valence-corrected chi connectivity index (χ4v) is 4.09. The lowest BCUT2D eigenvalue weighted by molar-refractivity contribution is -0.00201. The highest BCUT2D eigenvalue weighted by Crippen LogP contribution is 2.33. The minimum absolute atomic E-state index is 0.495. The van der Waals surface area contributed by atoms with Gasteiger partial charge < -0.3 is 16.2 Å². The number of nitrogens with one attached hydrogen (secondary N) is 1. The number of hydrogen-bond acceptors (Lipinski definition) is 4. The van der Waals surface area contributed by atoms with Gasteiger partial charge in [-0.05, 0) is 50.4 Å². The molecule has 0 aliphatic carbocycles. The molecule has 0 aromatic heterocycles. The van der Waals surface area contributed by atoms with Gasteiger partial charge in [-0.3, -0.25) is 4.90 Å². The Morgan fingerprint density at radius 2 is 2.00 bits per heavy atom. The molecule has 3 atom stereocenters. The molecular formula is C18H29N3O.